The van der Waals surface area contributed by atoms with E-state index in [4.69, 9.17) is 0 Å². The second-order valence-electron chi connectivity index (χ2n) is 4.77. The Balaban J connectivity index is 2.27. The number of benzene rings is 1. The molecule has 0 aromatic heterocycles. The highest BCUT2D eigenvalue weighted by Crippen LogP contribution is 2.31. The van der Waals surface area contributed by atoms with Crippen LogP contribution >= 0.6 is 0 Å². The Morgan fingerprint density at radius 2 is 2.11 bits per heavy atom. The van der Waals surface area contributed by atoms with Crippen molar-refractivity contribution in [2.24, 2.45) is 0 Å². The van der Waals surface area contributed by atoms with Crippen LogP contribution in [0.5, 0.6) is 0 Å². The van der Waals surface area contributed by atoms with Crippen LogP contribution < -0.4 is 5.32 Å². The minimum atomic E-state index is -3.34. The van der Waals surface area contributed by atoms with Gasteiger partial charge in [-0.2, -0.15) is 4.31 Å². The lowest BCUT2D eigenvalue weighted by Crippen LogP contribution is -2.37. The van der Waals surface area contributed by atoms with Crippen molar-refractivity contribution in [1.82, 2.24) is 9.62 Å². The van der Waals surface area contributed by atoms with Gasteiger partial charge in [-0.05, 0) is 44.5 Å². The summed E-state index contributed by atoms with van der Waals surface area (Å²) >= 11 is 0. The van der Waals surface area contributed by atoms with Crippen molar-refractivity contribution in [3.05, 3.63) is 29.8 Å². The van der Waals surface area contributed by atoms with E-state index in [1.165, 1.54) is 0 Å². The van der Waals surface area contributed by atoms with Crippen LogP contribution in [0.25, 0.3) is 0 Å². The second-order valence-corrected chi connectivity index (χ2v) is 6.66. The average Bonchev–Trinajstić information content (AvgIpc) is 3.14. The maximum absolute atomic E-state index is 12.6. The summed E-state index contributed by atoms with van der Waals surface area (Å²) in [6.45, 7) is 3.13. The summed E-state index contributed by atoms with van der Waals surface area (Å²) in [4.78, 5) is 0.408. The van der Waals surface area contributed by atoms with Gasteiger partial charge in [0.1, 0.15) is 0 Å². The molecule has 0 amide bonds. The lowest BCUT2D eigenvalue weighted by Gasteiger charge is -2.21. The molecule has 0 radical (unpaired) electrons. The fraction of sp³-hybridized carbons (Fsp3) is 0.538. The normalized spacial score (nSPS) is 16.2. The van der Waals surface area contributed by atoms with Gasteiger partial charge in [-0.15, -0.1) is 0 Å². The molecule has 4 nitrogen and oxygen atoms in total. The van der Waals surface area contributed by atoms with Crippen molar-refractivity contribution in [1.29, 1.82) is 0 Å². The summed E-state index contributed by atoms with van der Waals surface area (Å²) in [7, 11) is -1.50. The van der Waals surface area contributed by atoms with Gasteiger partial charge in [-0.3, -0.25) is 0 Å². The predicted molar refractivity (Wildman–Crippen MR) is 72.0 cm³/mol. The van der Waals surface area contributed by atoms with Gasteiger partial charge in [-0.1, -0.05) is 12.1 Å². The van der Waals surface area contributed by atoms with Gasteiger partial charge in [-0.25, -0.2) is 8.42 Å². The first-order valence-electron chi connectivity index (χ1n) is 6.29. The number of likely N-dealkylation sites (N-methyl/N-ethyl adjacent to an activating group) is 1. The highest BCUT2D eigenvalue weighted by atomic mass is 32.2. The van der Waals surface area contributed by atoms with Gasteiger partial charge in [0.25, 0.3) is 0 Å². The molecule has 0 saturated heterocycles. The summed E-state index contributed by atoms with van der Waals surface area (Å²) in [5.74, 6) is 0. The smallest absolute Gasteiger partial charge is 0.243 e. The number of nitrogens with zero attached hydrogens (tertiary/aromatic N) is 1. The molecule has 1 fully saturated rings. The number of hydrogen-bond acceptors (Lipinski definition) is 3. The van der Waals surface area contributed by atoms with Crippen molar-refractivity contribution < 1.29 is 8.42 Å². The van der Waals surface area contributed by atoms with Gasteiger partial charge in [0.2, 0.25) is 10.0 Å². The molecule has 100 valence electrons. The standard InChI is InChI=1S/C13H20N2O2S/c1-11-4-3-5-13(10-11)18(16,17)15(9-8-14-2)12-6-7-12/h3-5,10,12,14H,6-9H2,1-2H3. The SMILES string of the molecule is CNCCN(C1CC1)S(=O)(=O)c1cccc(C)c1. The number of sulfonamides is 1. The Morgan fingerprint density at radius 3 is 2.67 bits per heavy atom. The zero-order valence-electron chi connectivity index (χ0n) is 10.9. The van der Waals surface area contributed by atoms with E-state index in [0.29, 0.717) is 18.0 Å². The molecule has 1 N–H and O–H groups in total. The largest absolute Gasteiger partial charge is 0.318 e. The first-order chi connectivity index (χ1) is 8.55. The predicted octanol–water partition coefficient (Wildman–Crippen LogP) is 1.37. The van der Waals surface area contributed by atoms with E-state index in [1.54, 1.807) is 22.5 Å². The summed E-state index contributed by atoms with van der Waals surface area (Å²) in [5, 5.41) is 3.01. The third-order valence-corrected chi connectivity index (χ3v) is 5.08. The van der Waals surface area contributed by atoms with E-state index in [9.17, 15) is 8.42 Å². The third kappa shape index (κ3) is 2.91. The molecule has 1 aliphatic carbocycles. The van der Waals surface area contributed by atoms with Crippen LogP contribution in [0.3, 0.4) is 0 Å². The lowest BCUT2D eigenvalue weighted by molar-refractivity contribution is 0.402. The van der Waals surface area contributed by atoms with E-state index in [1.807, 2.05) is 20.0 Å². The van der Waals surface area contributed by atoms with Crippen LogP contribution in [0, 0.1) is 6.92 Å². The average molecular weight is 268 g/mol. The number of aryl methyl sites for hydroxylation is 1. The third-order valence-electron chi connectivity index (χ3n) is 3.13. The van der Waals surface area contributed by atoms with Crippen LogP contribution in [0.1, 0.15) is 18.4 Å². The Bertz CT molecular complexity index is 509. The first-order valence-corrected chi connectivity index (χ1v) is 7.73. The molecular weight excluding hydrogens is 248 g/mol. The molecule has 1 aromatic carbocycles. The monoisotopic (exact) mass is 268 g/mol. The van der Waals surface area contributed by atoms with Gasteiger partial charge >= 0.3 is 0 Å². The van der Waals surface area contributed by atoms with Gasteiger partial charge in [0.05, 0.1) is 4.90 Å². The molecule has 0 heterocycles. The van der Waals surface area contributed by atoms with E-state index in [2.05, 4.69) is 5.32 Å². The van der Waals surface area contributed by atoms with E-state index >= 15 is 0 Å². The molecule has 0 aliphatic heterocycles. The van der Waals surface area contributed by atoms with Crippen LogP contribution in [0.2, 0.25) is 0 Å². The molecule has 1 saturated carbocycles. The lowest BCUT2D eigenvalue weighted by atomic mass is 10.2. The summed E-state index contributed by atoms with van der Waals surface area (Å²) in [5.41, 5.74) is 0.973. The Morgan fingerprint density at radius 1 is 1.39 bits per heavy atom. The van der Waals surface area contributed by atoms with Crippen LogP contribution in [-0.4, -0.2) is 38.9 Å². The number of nitrogens with one attached hydrogen (secondary N) is 1. The maximum atomic E-state index is 12.6. The molecule has 0 atom stereocenters. The van der Waals surface area contributed by atoms with Crippen molar-refractivity contribution >= 4 is 10.0 Å². The minimum absolute atomic E-state index is 0.198. The van der Waals surface area contributed by atoms with Crippen molar-refractivity contribution in [2.75, 3.05) is 20.1 Å². The second kappa shape index (κ2) is 5.38. The first kappa shape index (κ1) is 13.5. The quantitative estimate of drug-likeness (QED) is 0.847. The zero-order valence-corrected chi connectivity index (χ0v) is 11.7. The van der Waals surface area contributed by atoms with E-state index in [-0.39, 0.29) is 6.04 Å². The molecule has 0 spiro atoms. The van der Waals surface area contributed by atoms with Gasteiger partial charge in [0.15, 0.2) is 0 Å². The molecule has 1 aliphatic rings. The Hall–Kier alpha value is -0.910. The van der Waals surface area contributed by atoms with Crippen LogP contribution in [-0.2, 0) is 10.0 Å². The Kier molecular flexibility index (Phi) is 4.04. The Labute approximate surface area is 109 Å². The molecular formula is C13H20N2O2S. The summed E-state index contributed by atoms with van der Waals surface area (Å²) in [6.07, 6.45) is 1.96. The molecule has 1 aromatic rings. The van der Waals surface area contributed by atoms with Crippen LogP contribution in [0.15, 0.2) is 29.2 Å². The van der Waals surface area contributed by atoms with Crippen LogP contribution in [0.4, 0.5) is 0 Å². The number of hydrogen-bond donors (Lipinski definition) is 1. The van der Waals surface area contributed by atoms with E-state index < -0.39 is 10.0 Å². The maximum Gasteiger partial charge on any atom is 0.243 e. The van der Waals surface area contributed by atoms with Crippen molar-refractivity contribution in [3.8, 4) is 0 Å². The molecule has 0 bridgehead atoms. The van der Waals surface area contributed by atoms with Crippen molar-refractivity contribution in [3.63, 3.8) is 0 Å². The minimum Gasteiger partial charge on any atom is -0.318 e. The van der Waals surface area contributed by atoms with E-state index in [0.717, 1.165) is 18.4 Å². The zero-order chi connectivity index (χ0) is 13.2. The van der Waals surface area contributed by atoms with Crippen molar-refractivity contribution in [2.45, 2.75) is 30.7 Å². The fourth-order valence-corrected chi connectivity index (χ4v) is 3.79. The summed E-state index contributed by atoms with van der Waals surface area (Å²) in [6, 6.07) is 7.32. The highest BCUT2D eigenvalue weighted by Gasteiger charge is 2.37. The van der Waals surface area contributed by atoms with Gasteiger partial charge < -0.3 is 5.32 Å². The van der Waals surface area contributed by atoms with Gasteiger partial charge in [0, 0.05) is 19.1 Å². The molecule has 5 heteroatoms. The fourth-order valence-electron chi connectivity index (χ4n) is 1.99. The summed E-state index contributed by atoms with van der Waals surface area (Å²) < 4.78 is 26.8. The highest BCUT2D eigenvalue weighted by molar-refractivity contribution is 7.89. The molecule has 18 heavy (non-hydrogen) atoms. The number of rotatable bonds is 6. The molecule has 2 rings (SSSR count). The molecule has 0 unspecified atom stereocenters. The topological polar surface area (TPSA) is 49.4 Å².